The Kier molecular flexibility index (Phi) is 3.65. The lowest BCUT2D eigenvalue weighted by atomic mass is 9.96. The van der Waals surface area contributed by atoms with E-state index in [0.29, 0.717) is 10.6 Å². The molecule has 112 valence electrons. The highest BCUT2D eigenvalue weighted by molar-refractivity contribution is 7.16. The lowest BCUT2D eigenvalue weighted by molar-refractivity contribution is -0.402. The number of carbonyl (C=O) groups excluding carboxylic acids is 1. The molecule has 8 heteroatoms. The number of rotatable bonds is 3. The summed E-state index contributed by atoms with van der Waals surface area (Å²) in [5.41, 5.74) is 1.51. The number of anilines is 1. The summed E-state index contributed by atoms with van der Waals surface area (Å²) < 4.78 is 4.87. The predicted octanol–water partition coefficient (Wildman–Crippen LogP) is 3.25. The van der Waals surface area contributed by atoms with Crippen LogP contribution in [0.25, 0.3) is 0 Å². The van der Waals surface area contributed by atoms with E-state index in [2.05, 4.69) is 11.4 Å². The molecule has 1 aliphatic carbocycles. The van der Waals surface area contributed by atoms with Crippen LogP contribution in [0.1, 0.15) is 39.4 Å². The number of nitro groups is 1. The molecule has 0 saturated carbocycles. The van der Waals surface area contributed by atoms with E-state index in [0.717, 1.165) is 42.2 Å². The van der Waals surface area contributed by atoms with Crippen molar-refractivity contribution < 1.29 is 14.1 Å². The van der Waals surface area contributed by atoms with Gasteiger partial charge in [0, 0.05) is 4.88 Å². The second-order valence-corrected chi connectivity index (χ2v) is 5.98. The van der Waals surface area contributed by atoms with Gasteiger partial charge in [0.2, 0.25) is 0 Å². The van der Waals surface area contributed by atoms with Gasteiger partial charge < -0.3 is 9.73 Å². The van der Waals surface area contributed by atoms with Crippen molar-refractivity contribution in [2.75, 3.05) is 5.32 Å². The summed E-state index contributed by atoms with van der Waals surface area (Å²) in [6.07, 6.45) is 3.87. The molecule has 0 atom stereocenters. The molecule has 7 nitrogen and oxygen atoms in total. The molecule has 1 aliphatic rings. The summed E-state index contributed by atoms with van der Waals surface area (Å²) in [7, 11) is 0. The number of amides is 1. The Balaban J connectivity index is 1.86. The lowest BCUT2D eigenvalue weighted by Crippen LogP contribution is -2.10. The third kappa shape index (κ3) is 2.46. The lowest BCUT2D eigenvalue weighted by Gasteiger charge is -2.09. The van der Waals surface area contributed by atoms with Crippen LogP contribution >= 0.6 is 11.3 Å². The molecule has 0 aliphatic heterocycles. The smallest absolute Gasteiger partial charge is 0.395 e. The minimum Gasteiger partial charge on any atom is -0.395 e. The Hall–Kier alpha value is -2.66. The number of carbonyl (C=O) groups is 1. The predicted molar refractivity (Wildman–Crippen MR) is 79.0 cm³/mol. The van der Waals surface area contributed by atoms with Gasteiger partial charge in [-0.05, 0) is 37.3 Å². The van der Waals surface area contributed by atoms with E-state index in [-0.39, 0.29) is 5.76 Å². The summed E-state index contributed by atoms with van der Waals surface area (Å²) in [5.74, 6) is -1.23. The molecule has 0 bridgehead atoms. The van der Waals surface area contributed by atoms with Crippen molar-refractivity contribution in [2.24, 2.45) is 0 Å². The molecule has 1 N–H and O–H groups in total. The number of thiophene rings is 1. The first-order chi connectivity index (χ1) is 10.6. The van der Waals surface area contributed by atoms with Crippen LogP contribution in [-0.4, -0.2) is 10.8 Å². The third-order valence-electron chi connectivity index (χ3n) is 3.51. The first-order valence-corrected chi connectivity index (χ1v) is 7.52. The van der Waals surface area contributed by atoms with Crippen molar-refractivity contribution in [3.05, 3.63) is 44.0 Å². The van der Waals surface area contributed by atoms with E-state index in [4.69, 9.17) is 4.42 Å². The maximum Gasteiger partial charge on any atom is 0.433 e. The van der Waals surface area contributed by atoms with Gasteiger partial charge in [-0.1, -0.05) is 0 Å². The molecule has 3 rings (SSSR count). The van der Waals surface area contributed by atoms with Crippen molar-refractivity contribution in [1.82, 2.24) is 0 Å². The Morgan fingerprint density at radius 2 is 2.18 bits per heavy atom. The van der Waals surface area contributed by atoms with Crippen molar-refractivity contribution in [2.45, 2.75) is 25.7 Å². The molecule has 2 aromatic heterocycles. The second kappa shape index (κ2) is 5.61. The summed E-state index contributed by atoms with van der Waals surface area (Å²) >= 11 is 1.39. The second-order valence-electron chi connectivity index (χ2n) is 4.88. The molecule has 0 fully saturated rings. The first-order valence-electron chi connectivity index (χ1n) is 6.70. The highest BCUT2D eigenvalue weighted by Gasteiger charge is 2.23. The van der Waals surface area contributed by atoms with Crippen molar-refractivity contribution >= 4 is 28.1 Å². The standard InChI is InChI=1S/C14H11N3O4S/c15-7-9-8-3-1-2-4-11(8)22-14(9)16-13(18)10-5-6-12(21-10)17(19)20/h5-6H,1-4H2,(H,16,18). The molecular weight excluding hydrogens is 306 g/mol. The summed E-state index contributed by atoms with van der Waals surface area (Å²) in [5, 5.41) is 23.0. The molecule has 2 aromatic rings. The topological polar surface area (TPSA) is 109 Å². The Morgan fingerprint density at radius 3 is 2.86 bits per heavy atom. The average molecular weight is 317 g/mol. The Morgan fingerprint density at radius 1 is 1.41 bits per heavy atom. The van der Waals surface area contributed by atoms with E-state index in [9.17, 15) is 20.2 Å². The molecule has 2 heterocycles. The van der Waals surface area contributed by atoms with E-state index in [1.807, 2.05) is 0 Å². The number of furan rings is 1. The van der Waals surface area contributed by atoms with E-state index >= 15 is 0 Å². The maximum absolute atomic E-state index is 12.1. The third-order valence-corrected chi connectivity index (χ3v) is 4.71. The van der Waals surface area contributed by atoms with Gasteiger partial charge >= 0.3 is 5.88 Å². The zero-order chi connectivity index (χ0) is 15.7. The van der Waals surface area contributed by atoms with Gasteiger partial charge in [-0.2, -0.15) is 5.26 Å². The minimum absolute atomic E-state index is 0.151. The number of aryl methyl sites for hydroxylation is 1. The zero-order valence-corrected chi connectivity index (χ0v) is 12.2. The molecule has 22 heavy (non-hydrogen) atoms. The Labute approximate surface area is 129 Å². The van der Waals surface area contributed by atoms with Crippen LogP contribution in [0.2, 0.25) is 0 Å². The van der Waals surface area contributed by atoms with Crippen molar-refractivity contribution in [3.8, 4) is 6.07 Å². The Bertz CT molecular complexity index is 800. The van der Waals surface area contributed by atoms with Crippen LogP contribution in [0, 0.1) is 21.4 Å². The van der Waals surface area contributed by atoms with Crippen LogP contribution in [0.15, 0.2) is 16.5 Å². The van der Waals surface area contributed by atoms with Crippen LogP contribution in [-0.2, 0) is 12.8 Å². The van der Waals surface area contributed by atoms with Crippen LogP contribution in [0.4, 0.5) is 10.9 Å². The molecular formula is C14H11N3O4S. The number of nitrogens with one attached hydrogen (secondary N) is 1. The van der Waals surface area contributed by atoms with Gasteiger partial charge in [-0.15, -0.1) is 11.3 Å². The minimum atomic E-state index is -0.707. The normalized spacial score (nSPS) is 13.2. The number of hydrogen-bond donors (Lipinski definition) is 1. The van der Waals surface area contributed by atoms with E-state index in [1.165, 1.54) is 17.4 Å². The van der Waals surface area contributed by atoms with Gasteiger partial charge in [0.15, 0.2) is 5.76 Å². The van der Waals surface area contributed by atoms with Crippen LogP contribution < -0.4 is 5.32 Å². The van der Waals surface area contributed by atoms with Gasteiger partial charge in [-0.25, -0.2) is 0 Å². The van der Waals surface area contributed by atoms with Gasteiger partial charge in [0.25, 0.3) is 5.91 Å². The number of nitriles is 1. The molecule has 0 aromatic carbocycles. The fourth-order valence-electron chi connectivity index (χ4n) is 2.48. The summed E-state index contributed by atoms with van der Waals surface area (Å²) in [6, 6.07) is 4.51. The van der Waals surface area contributed by atoms with Gasteiger partial charge in [0.1, 0.15) is 16.0 Å². The van der Waals surface area contributed by atoms with Gasteiger partial charge in [-0.3, -0.25) is 14.9 Å². The summed E-state index contributed by atoms with van der Waals surface area (Å²) in [4.78, 5) is 23.1. The van der Waals surface area contributed by atoms with Gasteiger partial charge in [0.05, 0.1) is 11.6 Å². The van der Waals surface area contributed by atoms with Crippen LogP contribution in [0.3, 0.4) is 0 Å². The fraction of sp³-hybridized carbons (Fsp3) is 0.286. The maximum atomic E-state index is 12.1. The number of hydrogen-bond acceptors (Lipinski definition) is 6. The average Bonchev–Trinajstić information content (AvgIpc) is 3.11. The molecule has 0 saturated heterocycles. The quantitative estimate of drug-likeness (QED) is 0.690. The molecule has 0 unspecified atom stereocenters. The van der Waals surface area contributed by atoms with Crippen molar-refractivity contribution in [3.63, 3.8) is 0 Å². The van der Waals surface area contributed by atoms with Crippen molar-refractivity contribution in [1.29, 1.82) is 5.26 Å². The SMILES string of the molecule is N#Cc1c(NC(=O)c2ccc([N+](=O)[O-])o2)sc2c1CCCC2. The number of fused-ring (bicyclic) bond motifs is 1. The molecule has 0 spiro atoms. The largest absolute Gasteiger partial charge is 0.433 e. The van der Waals surface area contributed by atoms with Crippen LogP contribution in [0.5, 0.6) is 0 Å². The zero-order valence-electron chi connectivity index (χ0n) is 11.4. The highest BCUT2D eigenvalue weighted by Crippen LogP contribution is 2.37. The van der Waals surface area contributed by atoms with E-state index < -0.39 is 16.7 Å². The molecule has 1 amide bonds. The highest BCUT2D eigenvalue weighted by atomic mass is 32.1. The summed E-state index contributed by atoms with van der Waals surface area (Å²) in [6.45, 7) is 0. The number of nitrogens with zero attached hydrogens (tertiary/aromatic N) is 2. The molecule has 0 radical (unpaired) electrons. The van der Waals surface area contributed by atoms with E-state index in [1.54, 1.807) is 0 Å². The monoisotopic (exact) mass is 317 g/mol. The first kappa shape index (κ1) is 14.3. The fourth-order valence-corrected chi connectivity index (χ4v) is 3.72.